The van der Waals surface area contributed by atoms with Crippen LogP contribution in [0.1, 0.15) is 51.6 Å². The lowest BCUT2D eigenvalue weighted by atomic mass is 9.95. The summed E-state index contributed by atoms with van der Waals surface area (Å²) in [6, 6.07) is 10.1. The van der Waals surface area contributed by atoms with Gasteiger partial charge in [0.25, 0.3) is 0 Å². The van der Waals surface area contributed by atoms with Gasteiger partial charge in [-0.25, -0.2) is 4.98 Å². The highest BCUT2D eigenvalue weighted by Gasteiger charge is 2.15. The molecule has 0 fully saturated rings. The van der Waals surface area contributed by atoms with Crippen LogP contribution in [0.15, 0.2) is 36.5 Å². The van der Waals surface area contributed by atoms with Crippen LogP contribution in [0.2, 0.25) is 0 Å². The quantitative estimate of drug-likeness (QED) is 0.530. The molecule has 0 radical (unpaired) electrons. The molecule has 0 aliphatic rings. The lowest BCUT2D eigenvalue weighted by molar-refractivity contribution is -0.106. The number of benzene rings is 1. The van der Waals surface area contributed by atoms with Gasteiger partial charge < -0.3 is 9.69 Å². The van der Waals surface area contributed by atoms with Crippen molar-refractivity contribution in [2.24, 2.45) is 5.92 Å². The van der Waals surface area contributed by atoms with Crippen LogP contribution in [0.5, 0.6) is 0 Å². The van der Waals surface area contributed by atoms with Gasteiger partial charge in [-0.1, -0.05) is 69.9 Å². The van der Waals surface area contributed by atoms with Crippen LogP contribution in [0, 0.1) is 12.8 Å². The summed E-state index contributed by atoms with van der Waals surface area (Å²) in [5.41, 5.74) is 2.76. The number of unbranched alkanes of at least 4 members (excludes halogenated alkanes) is 1. The van der Waals surface area contributed by atoms with Gasteiger partial charge in [0.15, 0.2) is 5.82 Å². The lowest BCUT2D eigenvalue weighted by Crippen LogP contribution is -2.30. The van der Waals surface area contributed by atoms with Gasteiger partial charge in [0.05, 0.1) is 24.1 Å². The number of rotatable bonds is 11. The number of aromatic nitrogens is 2. The first-order chi connectivity index (χ1) is 12.7. The molecule has 1 atom stereocenters. The first-order valence-corrected chi connectivity index (χ1v) is 9.77. The fraction of sp³-hybridized carbons (Fsp3) is 0.500. The van der Waals surface area contributed by atoms with Crippen molar-refractivity contribution < 1.29 is 4.79 Å². The second-order valence-electron chi connectivity index (χ2n) is 6.85. The molecule has 0 amide bonds. The Morgan fingerprint density at radius 1 is 1.15 bits per heavy atom. The molecule has 0 aliphatic heterocycles. The fourth-order valence-corrected chi connectivity index (χ4v) is 3.24. The second-order valence-corrected chi connectivity index (χ2v) is 6.85. The first-order valence-electron chi connectivity index (χ1n) is 9.77. The molecule has 0 bridgehead atoms. The van der Waals surface area contributed by atoms with Crippen molar-refractivity contribution >= 4 is 12.1 Å². The number of hydrogen-bond donors (Lipinski definition) is 0. The molecular weight excluding hydrogens is 322 g/mol. The van der Waals surface area contributed by atoms with E-state index >= 15 is 0 Å². The maximum atomic E-state index is 11.3. The Balaban J connectivity index is 2.19. The molecule has 1 aromatic carbocycles. The van der Waals surface area contributed by atoms with Crippen LogP contribution < -0.4 is 4.90 Å². The van der Waals surface area contributed by atoms with E-state index in [0.717, 1.165) is 42.0 Å². The maximum absolute atomic E-state index is 11.3. The van der Waals surface area contributed by atoms with Crippen molar-refractivity contribution in [3.8, 4) is 11.3 Å². The Hall–Kier alpha value is -2.23. The molecule has 2 aromatic rings. The smallest absolute Gasteiger partial charge is 0.151 e. The third-order valence-corrected chi connectivity index (χ3v) is 4.94. The topological polar surface area (TPSA) is 46.1 Å². The van der Waals surface area contributed by atoms with Gasteiger partial charge in [-0.15, -0.1) is 0 Å². The van der Waals surface area contributed by atoms with E-state index in [9.17, 15) is 4.79 Å². The van der Waals surface area contributed by atoms with E-state index in [4.69, 9.17) is 4.98 Å². The molecule has 2 rings (SSSR count). The van der Waals surface area contributed by atoms with Crippen molar-refractivity contribution in [3.63, 3.8) is 0 Å². The van der Waals surface area contributed by atoms with E-state index in [0.29, 0.717) is 12.5 Å². The van der Waals surface area contributed by atoms with Crippen molar-refractivity contribution in [2.75, 3.05) is 18.0 Å². The van der Waals surface area contributed by atoms with E-state index in [-0.39, 0.29) is 0 Å². The van der Waals surface area contributed by atoms with E-state index in [1.54, 1.807) is 0 Å². The highest BCUT2D eigenvalue weighted by Crippen LogP contribution is 2.24. The average molecular weight is 354 g/mol. The number of nitrogens with zero attached hydrogens (tertiary/aromatic N) is 3. The Bertz CT molecular complexity index is 672. The molecule has 1 unspecified atom stereocenters. The molecule has 4 nitrogen and oxygen atoms in total. The molecule has 0 saturated heterocycles. The van der Waals surface area contributed by atoms with Gasteiger partial charge in [0.2, 0.25) is 0 Å². The van der Waals surface area contributed by atoms with E-state index in [1.165, 1.54) is 25.7 Å². The summed E-state index contributed by atoms with van der Waals surface area (Å²) in [4.78, 5) is 22.7. The minimum absolute atomic E-state index is 0.359. The lowest BCUT2D eigenvalue weighted by Gasteiger charge is -2.25. The van der Waals surface area contributed by atoms with Crippen LogP contribution in [0.25, 0.3) is 11.3 Å². The standard InChI is InChI=1S/C22H31N3O/c1-4-6-10-19(5-2)13-14-25(15-16-26)22-18(3)23-17-21(24-22)20-11-8-7-9-12-20/h7-9,11-12,16-17,19H,4-6,10,13-15H2,1-3H3. The second kappa shape index (κ2) is 10.7. The first kappa shape index (κ1) is 20.1. The number of aldehydes is 1. The molecule has 1 heterocycles. The predicted molar refractivity (Wildman–Crippen MR) is 108 cm³/mol. The molecule has 0 aliphatic carbocycles. The van der Waals surface area contributed by atoms with Gasteiger partial charge in [-0.05, 0) is 19.3 Å². The monoisotopic (exact) mass is 353 g/mol. The predicted octanol–water partition coefficient (Wildman–Crippen LogP) is 5.06. The van der Waals surface area contributed by atoms with Gasteiger partial charge in [-0.3, -0.25) is 4.98 Å². The number of carbonyl (C=O) groups is 1. The highest BCUT2D eigenvalue weighted by atomic mass is 16.1. The van der Waals surface area contributed by atoms with Crippen molar-refractivity contribution in [3.05, 3.63) is 42.2 Å². The summed E-state index contributed by atoms with van der Waals surface area (Å²) in [5.74, 6) is 1.53. The third kappa shape index (κ3) is 5.65. The van der Waals surface area contributed by atoms with E-state index < -0.39 is 0 Å². The summed E-state index contributed by atoms with van der Waals surface area (Å²) in [7, 11) is 0. The normalized spacial score (nSPS) is 12.0. The molecule has 0 N–H and O–H groups in total. The largest absolute Gasteiger partial charge is 0.348 e. The van der Waals surface area contributed by atoms with Crippen LogP contribution in [-0.2, 0) is 4.79 Å². The molecule has 0 spiro atoms. The average Bonchev–Trinajstić information content (AvgIpc) is 2.68. The van der Waals surface area contributed by atoms with Crippen molar-refractivity contribution in [1.82, 2.24) is 9.97 Å². The summed E-state index contributed by atoms with van der Waals surface area (Å²) >= 11 is 0. The van der Waals surface area contributed by atoms with Gasteiger partial charge >= 0.3 is 0 Å². The van der Waals surface area contributed by atoms with Crippen molar-refractivity contribution in [1.29, 1.82) is 0 Å². The Morgan fingerprint density at radius 2 is 1.92 bits per heavy atom. The fourth-order valence-electron chi connectivity index (χ4n) is 3.24. The van der Waals surface area contributed by atoms with Crippen molar-refractivity contribution in [2.45, 2.75) is 52.9 Å². The molecule has 140 valence electrons. The third-order valence-electron chi connectivity index (χ3n) is 4.94. The highest BCUT2D eigenvalue weighted by molar-refractivity contribution is 5.64. The Kier molecular flexibility index (Phi) is 8.26. The number of anilines is 1. The molecule has 0 saturated carbocycles. The summed E-state index contributed by atoms with van der Waals surface area (Å²) in [6.45, 7) is 7.65. The van der Waals surface area contributed by atoms with E-state index in [2.05, 4.69) is 23.7 Å². The van der Waals surface area contributed by atoms with Gasteiger partial charge in [0.1, 0.15) is 6.29 Å². The van der Waals surface area contributed by atoms with Crippen LogP contribution in [0.3, 0.4) is 0 Å². The van der Waals surface area contributed by atoms with Gasteiger partial charge in [-0.2, -0.15) is 0 Å². The zero-order valence-corrected chi connectivity index (χ0v) is 16.3. The summed E-state index contributed by atoms with van der Waals surface area (Å²) in [6.07, 6.45) is 8.81. The van der Waals surface area contributed by atoms with Crippen LogP contribution in [0.4, 0.5) is 5.82 Å². The zero-order valence-electron chi connectivity index (χ0n) is 16.3. The Labute approximate surface area is 157 Å². The van der Waals surface area contributed by atoms with Gasteiger partial charge in [0, 0.05) is 12.1 Å². The summed E-state index contributed by atoms with van der Waals surface area (Å²) < 4.78 is 0. The minimum Gasteiger partial charge on any atom is -0.348 e. The molecular formula is C22H31N3O. The molecule has 1 aromatic heterocycles. The SMILES string of the molecule is CCCCC(CC)CCN(CC=O)c1nc(-c2ccccc2)cnc1C. The van der Waals surface area contributed by atoms with Crippen LogP contribution in [-0.4, -0.2) is 29.3 Å². The zero-order chi connectivity index (χ0) is 18.8. The summed E-state index contributed by atoms with van der Waals surface area (Å²) in [5, 5.41) is 0. The molecule has 26 heavy (non-hydrogen) atoms. The minimum atomic E-state index is 0.359. The van der Waals surface area contributed by atoms with Crippen LogP contribution >= 0.6 is 0 Å². The number of carbonyl (C=O) groups excluding carboxylic acids is 1. The molecule has 4 heteroatoms. The Morgan fingerprint density at radius 3 is 2.58 bits per heavy atom. The number of aryl methyl sites for hydroxylation is 1. The number of hydrogen-bond acceptors (Lipinski definition) is 4. The maximum Gasteiger partial charge on any atom is 0.151 e. The van der Waals surface area contributed by atoms with E-state index in [1.807, 2.05) is 43.5 Å².